The third-order valence-corrected chi connectivity index (χ3v) is 4.16. The maximum absolute atomic E-state index is 12.0. The molecule has 0 heterocycles. The van der Waals surface area contributed by atoms with Crippen LogP contribution in [-0.2, 0) is 4.79 Å². The Morgan fingerprint density at radius 2 is 1.80 bits per heavy atom. The number of carbonyl (C=O) groups excluding carboxylic acids is 1. The molecule has 1 saturated carbocycles. The lowest BCUT2D eigenvalue weighted by atomic mass is 9.83. The first-order valence-electron chi connectivity index (χ1n) is 7.88. The van der Waals surface area contributed by atoms with Crippen molar-refractivity contribution in [3.05, 3.63) is 0 Å². The molecule has 1 fully saturated rings. The van der Waals surface area contributed by atoms with Gasteiger partial charge in [0.25, 0.3) is 0 Å². The summed E-state index contributed by atoms with van der Waals surface area (Å²) < 4.78 is 0. The molecule has 2 amide bonds. The largest absolute Gasteiger partial charge is 0.480 e. The molecule has 20 heavy (non-hydrogen) atoms. The zero-order valence-corrected chi connectivity index (χ0v) is 12.7. The number of urea groups is 1. The number of hydrogen-bond acceptors (Lipinski definition) is 2. The van der Waals surface area contributed by atoms with Crippen molar-refractivity contribution in [1.82, 2.24) is 10.6 Å². The predicted octanol–water partition coefficient (Wildman–Crippen LogP) is 2.90. The zero-order valence-electron chi connectivity index (χ0n) is 12.7. The number of amides is 2. The maximum atomic E-state index is 12.0. The van der Waals surface area contributed by atoms with Crippen LogP contribution in [0.15, 0.2) is 0 Å². The molecule has 1 unspecified atom stereocenters. The molecule has 1 rings (SSSR count). The highest BCUT2D eigenvalue weighted by atomic mass is 16.4. The molecule has 1 aliphatic carbocycles. The van der Waals surface area contributed by atoms with Gasteiger partial charge in [-0.25, -0.2) is 9.59 Å². The van der Waals surface area contributed by atoms with E-state index in [2.05, 4.69) is 17.6 Å². The van der Waals surface area contributed by atoms with Crippen LogP contribution in [-0.4, -0.2) is 29.2 Å². The Labute approximate surface area is 121 Å². The van der Waals surface area contributed by atoms with Crippen LogP contribution in [0.2, 0.25) is 0 Å². The Bertz CT molecular complexity index is 314. The Balaban J connectivity index is 2.47. The highest BCUT2D eigenvalue weighted by Gasteiger charge is 2.25. The van der Waals surface area contributed by atoms with Crippen molar-refractivity contribution >= 4 is 12.0 Å². The van der Waals surface area contributed by atoms with Gasteiger partial charge in [0.1, 0.15) is 6.04 Å². The minimum atomic E-state index is -0.965. The second-order valence-electron chi connectivity index (χ2n) is 5.71. The van der Waals surface area contributed by atoms with Crippen LogP contribution in [0.5, 0.6) is 0 Å². The van der Waals surface area contributed by atoms with Crippen molar-refractivity contribution < 1.29 is 14.7 Å². The molecule has 5 heteroatoms. The summed E-state index contributed by atoms with van der Waals surface area (Å²) in [4.78, 5) is 23.0. The number of rotatable bonds is 7. The number of hydrogen-bond donors (Lipinski definition) is 3. The Morgan fingerprint density at radius 1 is 1.15 bits per heavy atom. The van der Waals surface area contributed by atoms with Gasteiger partial charge >= 0.3 is 12.0 Å². The van der Waals surface area contributed by atoms with Crippen LogP contribution in [0.1, 0.15) is 65.2 Å². The first-order chi connectivity index (χ1) is 9.58. The van der Waals surface area contributed by atoms with Gasteiger partial charge < -0.3 is 15.7 Å². The third-order valence-electron chi connectivity index (χ3n) is 4.16. The standard InChI is InChI=1S/C15H28N2O3/c1-3-8-13(14(18)19)17-15(20)16-12(4-2)11-9-6-5-7-10-11/h11-13H,3-10H2,1-2H3,(H,18,19)(H2,16,17,20)/t12?,13-/m1/s1. The van der Waals surface area contributed by atoms with Crippen molar-refractivity contribution in [3.8, 4) is 0 Å². The fourth-order valence-corrected chi connectivity index (χ4v) is 3.00. The number of carboxylic acids is 1. The summed E-state index contributed by atoms with van der Waals surface area (Å²) in [6, 6.07) is -0.974. The monoisotopic (exact) mass is 284 g/mol. The average molecular weight is 284 g/mol. The van der Waals surface area contributed by atoms with Gasteiger partial charge in [0.05, 0.1) is 0 Å². The van der Waals surface area contributed by atoms with Gasteiger partial charge in [-0.3, -0.25) is 0 Å². The van der Waals surface area contributed by atoms with Gasteiger partial charge in [0.2, 0.25) is 0 Å². The summed E-state index contributed by atoms with van der Waals surface area (Å²) in [5.74, 6) is -0.429. The highest BCUT2D eigenvalue weighted by Crippen LogP contribution is 2.27. The normalized spacial score (nSPS) is 19.1. The molecule has 0 aliphatic heterocycles. The van der Waals surface area contributed by atoms with E-state index in [1.807, 2.05) is 6.92 Å². The van der Waals surface area contributed by atoms with Crippen molar-refractivity contribution in [2.24, 2.45) is 5.92 Å². The SMILES string of the molecule is CCC[C@@H](NC(=O)NC(CC)C1CCCCC1)C(=O)O. The number of aliphatic carboxylic acids is 1. The van der Waals surface area contributed by atoms with Gasteiger partial charge in [0, 0.05) is 6.04 Å². The van der Waals surface area contributed by atoms with E-state index in [1.54, 1.807) is 0 Å². The topological polar surface area (TPSA) is 78.4 Å². The van der Waals surface area contributed by atoms with E-state index in [0.29, 0.717) is 12.3 Å². The lowest BCUT2D eigenvalue weighted by Gasteiger charge is -2.30. The van der Waals surface area contributed by atoms with Gasteiger partial charge in [-0.1, -0.05) is 39.5 Å². The molecule has 5 nitrogen and oxygen atoms in total. The number of carbonyl (C=O) groups is 2. The molecule has 0 radical (unpaired) electrons. The molecule has 3 N–H and O–H groups in total. The number of nitrogens with one attached hydrogen (secondary N) is 2. The molecule has 0 bridgehead atoms. The van der Waals surface area contributed by atoms with Gasteiger partial charge in [-0.15, -0.1) is 0 Å². The Morgan fingerprint density at radius 3 is 2.30 bits per heavy atom. The Kier molecular flexibility index (Phi) is 7.41. The summed E-state index contributed by atoms with van der Waals surface area (Å²) in [5, 5.41) is 14.6. The Hall–Kier alpha value is -1.26. The molecule has 0 saturated heterocycles. The third kappa shape index (κ3) is 5.39. The van der Waals surface area contributed by atoms with Crippen LogP contribution < -0.4 is 10.6 Å². The van der Waals surface area contributed by atoms with Crippen LogP contribution in [0.4, 0.5) is 4.79 Å². The van der Waals surface area contributed by atoms with E-state index >= 15 is 0 Å². The second-order valence-corrected chi connectivity index (χ2v) is 5.71. The molecule has 1 aliphatic rings. The van der Waals surface area contributed by atoms with Gasteiger partial charge in [-0.05, 0) is 31.6 Å². The molecule has 2 atom stereocenters. The van der Waals surface area contributed by atoms with Crippen molar-refractivity contribution in [2.75, 3.05) is 0 Å². The fraction of sp³-hybridized carbons (Fsp3) is 0.867. The van der Waals surface area contributed by atoms with E-state index in [0.717, 1.165) is 25.7 Å². The maximum Gasteiger partial charge on any atom is 0.326 e. The van der Waals surface area contributed by atoms with Crippen molar-refractivity contribution in [2.45, 2.75) is 77.3 Å². The molecular formula is C15H28N2O3. The van der Waals surface area contributed by atoms with Crippen LogP contribution in [0.3, 0.4) is 0 Å². The molecular weight excluding hydrogens is 256 g/mol. The van der Waals surface area contributed by atoms with E-state index in [9.17, 15) is 9.59 Å². The molecule has 0 aromatic rings. The molecule has 0 aromatic carbocycles. The molecule has 0 spiro atoms. The van der Waals surface area contributed by atoms with Crippen molar-refractivity contribution in [1.29, 1.82) is 0 Å². The summed E-state index contributed by atoms with van der Waals surface area (Å²) in [6.07, 6.45) is 8.17. The lowest BCUT2D eigenvalue weighted by Crippen LogP contribution is -2.50. The minimum absolute atomic E-state index is 0.159. The van der Waals surface area contributed by atoms with Crippen molar-refractivity contribution in [3.63, 3.8) is 0 Å². The first kappa shape index (κ1) is 16.8. The van der Waals surface area contributed by atoms with E-state index in [1.165, 1.54) is 19.3 Å². The van der Waals surface area contributed by atoms with Crippen LogP contribution >= 0.6 is 0 Å². The fourth-order valence-electron chi connectivity index (χ4n) is 3.00. The van der Waals surface area contributed by atoms with E-state index < -0.39 is 12.0 Å². The summed E-state index contributed by atoms with van der Waals surface area (Å²) in [5.41, 5.74) is 0. The zero-order chi connectivity index (χ0) is 15.0. The summed E-state index contributed by atoms with van der Waals surface area (Å²) >= 11 is 0. The number of carboxylic acid groups (broad SMARTS) is 1. The lowest BCUT2D eigenvalue weighted by molar-refractivity contribution is -0.139. The second kappa shape index (κ2) is 8.82. The minimum Gasteiger partial charge on any atom is -0.480 e. The van der Waals surface area contributed by atoms with Gasteiger partial charge in [0.15, 0.2) is 0 Å². The highest BCUT2D eigenvalue weighted by molar-refractivity contribution is 5.82. The van der Waals surface area contributed by atoms with Crippen LogP contribution in [0.25, 0.3) is 0 Å². The smallest absolute Gasteiger partial charge is 0.326 e. The van der Waals surface area contributed by atoms with Gasteiger partial charge in [-0.2, -0.15) is 0 Å². The predicted molar refractivity (Wildman–Crippen MR) is 78.7 cm³/mol. The average Bonchev–Trinajstić information content (AvgIpc) is 2.45. The summed E-state index contributed by atoms with van der Waals surface area (Å²) in [7, 11) is 0. The summed E-state index contributed by atoms with van der Waals surface area (Å²) in [6.45, 7) is 3.98. The quantitative estimate of drug-likeness (QED) is 0.672. The van der Waals surface area contributed by atoms with Crippen LogP contribution in [0, 0.1) is 5.92 Å². The van der Waals surface area contributed by atoms with E-state index in [-0.39, 0.29) is 12.1 Å². The molecule has 116 valence electrons. The molecule has 0 aromatic heterocycles. The first-order valence-corrected chi connectivity index (χ1v) is 7.88. The van der Waals surface area contributed by atoms with E-state index in [4.69, 9.17) is 5.11 Å².